The van der Waals surface area contributed by atoms with Gasteiger partial charge in [0, 0.05) is 23.1 Å². The minimum Gasteiger partial charge on any atom is -0.329 e. The first-order valence-corrected chi connectivity index (χ1v) is 5.14. The Morgan fingerprint density at radius 2 is 2.21 bits per heavy atom. The average molecular weight is 252 g/mol. The van der Waals surface area contributed by atoms with E-state index in [1.807, 2.05) is 25.3 Å². The van der Waals surface area contributed by atoms with Crippen molar-refractivity contribution in [1.29, 1.82) is 0 Å². The maximum absolute atomic E-state index is 4.30. The van der Waals surface area contributed by atoms with Gasteiger partial charge in [-0.25, -0.2) is 4.98 Å². The molecule has 0 amide bonds. The summed E-state index contributed by atoms with van der Waals surface area (Å²) in [6, 6.07) is 3.91. The summed E-state index contributed by atoms with van der Waals surface area (Å²) in [5.74, 6) is 1.00. The highest BCUT2D eigenvalue weighted by atomic mass is 79.9. The van der Waals surface area contributed by atoms with Crippen LogP contribution in [0, 0.1) is 6.92 Å². The van der Waals surface area contributed by atoms with Gasteiger partial charge in [0.25, 0.3) is 0 Å². The standard InChI is InChI=1S/C10H10BrN3/c1-8-12-5-6-14(8)7-10-9(11)3-2-4-13-10/h2-6H,7H2,1H3. The summed E-state index contributed by atoms with van der Waals surface area (Å²) >= 11 is 3.47. The molecule has 4 heteroatoms. The molecule has 0 radical (unpaired) electrons. The molecule has 0 aromatic carbocycles. The second-order valence-electron chi connectivity index (χ2n) is 3.03. The maximum Gasteiger partial charge on any atom is 0.105 e. The lowest BCUT2D eigenvalue weighted by molar-refractivity contribution is 0.739. The lowest BCUT2D eigenvalue weighted by Crippen LogP contribution is -2.03. The van der Waals surface area contributed by atoms with Crippen LogP contribution >= 0.6 is 15.9 Å². The molecule has 14 heavy (non-hydrogen) atoms. The predicted molar refractivity (Wildman–Crippen MR) is 58.0 cm³/mol. The van der Waals surface area contributed by atoms with Gasteiger partial charge in [0.05, 0.1) is 12.2 Å². The first-order valence-electron chi connectivity index (χ1n) is 4.34. The molecule has 0 saturated heterocycles. The van der Waals surface area contributed by atoms with E-state index in [2.05, 4.69) is 30.5 Å². The highest BCUT2D eigenvalue weighted by Gasteiger charge is 2.02. The summed E-state index contributed by atoms with van der Waals surface area (Å²) in [7, 11) is 0. The summed E-state index contributed by atoms with van der Waals surface area (Å²) < 4.78 is 3.10. The van der Waals surface area contributed by atoms with Gasteiger partial charge in [-0.1, -0.05) is 0 Å². The zero-order chi connectivity index (χ0) is 9.97. The van der Waals surface area contributed by atoms with Crippen molar-refractivity contribution in [3.8, 4) is 0 Å². The second-order valence-corrected chi connectivity index (χ2v) is 3.89. The number of rotatable bonds is 2. The van der Waals surface area contributed by atoms with Gasteiger partial charge in [-0.2, -0.15) is 0 Å². The molecule has 0 fully saturated rings. The van der Waals surface area contributed by atoms with Crippen molar-refractivity contribution in [1.82, 2.24) is 14.5 Å². The number of halogens is 1. The minimum atomic E-state index is 0.757. The van der Waals surface area contributed by atoms with Gasteiger partial charge in [0.1, 0.15) is 5.82 Å². The van der Waals surface area contributed by atoms with Gasteiger partial charge in [0.15, 0.2) is 0 Å². The fourth-order valence-corrected chi connectivity index (χ4v) is 1.65. The van der Waals surface area contributed by atoms with Crippen molar-refractivity contribution in [2.75, 3.05) is 0 Å². The molecule has 0 spiro atoms. The van der Waals surface area contributed by atoms with Crippen LogP contribution in [0.25, 0.3) is 0 Å². The van der Waals surface area contributed by atoms with E-state index in [1.54, 1.807) is 12.4 Å². The van der Waals surface area contributed by atoms with E-state index in [-0.39, 0.29) is 0 Å². The molecule has 0 aliphatic carbocycles. The smallest absolute Gasteiger partial charge is 0.105 e. The van der Waals surface area contributed by atoms with Crippen LogP contribution in [0.5, 0.6) is 0 Å². The maximum atomic E-state index is 4.30. The van der Waals surface area contributed by atoms with Crippen LogP contribution in [0.2, 0.25) is 0 Å². The van der Waals surface area contributed by atoms with E-state index in [9.17, 15) is 0 Å². The van der Waals surface area contributed by atoms with E-state index >= 15 is 0 Å². The van der Waals surface area contributed by atoms with Crippen molar-refractivity contribution in [2.24, 2.45) is 0 Å². The van der Waals surface area contributed by atoms with E-state index in [0.29, 0.717) is 0 Å². The molecule has 0 atom stereocenters. The Balaban J connectivity index is 2.28. The molecule has 0 N–H and O–H groups in total. The van der Waals surface area contributed by atoms with Gasteiger partial charge >= 0.3 is 0 Å². The Labute approximate surface area is 90.9 Å². The molecule has 0 saturated carbocycles. The molecule has 3 nitrogen and oxygen atoms in total. The van der Waals surface area contributed by atoms with Crippen LogP contribution in [0.3, 0.4) is 0 Å². The highest BCUT2D eigenvalue weighted by molar-refractivity contribution is 9.10. The highest BCUT2D eigenvalue weighted by Crippen LogP contribution is 2.14. The number of imidazole rings is 1. The Morgan fingerprint density at radius 1 is 1.36 bits per heavy atom. The minimum absolute atomic E-state index is 0.757. The average Bonchev–Trinajstić information content (AvgIpc) is 2.56. The molecule has 0 aliphatic heterocycles. The number of hydrogen-bond acceptors (Lipinski definition) is 2. The second kappa shape index (κ2) is 3.92. The zero-order valence-corrected chi connectivity index (χ0v) is 9.40. The Morgan fingerprint density at radius 3 is 2.86 bits per heavy atom. The third-order valence-electron chi connectivity index (χ3n) is 2.08. The van der Waals surface area contributed by atoms with E-state index < -0.39 is 0 Å². The SMILES string of the molecule is Cc1nccn1Cc1ncccc1Br. The van der Waals surface area contributed by atoms with Crippen molar-refractivity contribution in [2.45, 2.75) is 13.5 Å². The van der Waals surface area contributed by atoms with Crippen molar-refractivity contribution < 1.29 is 0 Å². The summed E-state index contributed by atoms with van der Waals surface area (Å²) in [6.07, 6.45) is 5.55. The number of hydrogen-bond donors (Lipinski definition) is 0. The van der Waals surface area contributed by atoms with E-state index in [4.69, 9.17) is 0 Å². The quantitative estimate of drug-likeness (QED) is 0.821. The van der Waals surface area contributed by atoms with Gasteiger partial charge < -0.3 is 4.57 Å². The first-order chi connectivity index (χ1) is 6.77. The van der Waals surface area contributed by atoms with Crippen molar-refractivity contribution in [3.05, 3.63) is 46.7 Å². The third-order valence-corrected chi connectivity index (χ3v) is 2.80. The molecule has 0 bridgehead atoms. The lowest BCUT2D eigenvalue weighted by atomic mass is 10.3. The fourth-order valence-electron chi connectivity index (χ4n) is 1.27. The fraction of sp³-hybridized carbons (Fsp3) is 0.200. The van der Waals surface area contributed by atoms with E-state index in [1.165, 1.54) is 0 Å². The summed E-state index contributed by atoms with van der Waals surface area (Å²) in [5.41, 5.74) is 1.02. The van der Waals surface area contributed by atoms with Crippen molar-refractivity contribution >= 4 is 15.9 Å². The van der Waals surface area contributed by atoms with Crippen LogP contribution in [0.4, 0.5) is 0 Å². The van der Waals surface area contributed by atoms with Gasteiger partial charge in [-0.05, 0) is 35.0 Å². The topological polar surface area (TPSA) is 30.7 Å². The van der Waals surface area contributed by atoms with Crippen LogP contribution in [0.1, 0.15) is 11.5 Å². The van der Waals surface area contributed by atoms with Crippen LogP contribution in [-0.4, -0.2) is 14.5 Å². The summed E-state index contributed by atoms with van der Waals surface area (Å²) in [6.45, 7) is 2.74. The van der Waals surface area contributed by atoms with Crippen LogP contribution < -0.4 is 0 Å². The Kier molecular flexibility index (Phi) is 2.63. The number of aromatic nitrogens is 3. The van der Waals surface area contributed by atoms with Crippen LogP contribution in [0.15, 0.2) is 35.2 Å². The molecule has 2 rings (SSSR count). The summed E-state index contributed by atoms with van der Waals surface area (Å²) in [5, 5.41) is 0. The number of pyridine rings is 1. The molecule has 72 valence electrons. The molecule has 2 heterocycles. The zero-order valence-electron chi connectivity index (χ0n) is 7.81. The number of nitrogens with zero attached hydrogens (tertiary/aromatic N) is 3. The molecule has 0 aliphatic rings. The summed E-state index contributed by atoms with van der Waals surface area (Å²) in [4.78, 5) is 8.46. The Hall–Kier alpha value is -1.16. The Bertz CT molecular complexity index is 436. The lowest BCUT2D eigenvalue weighted by Gasteiger charge is -2.05. The van der Waals surface area contributed by atoms with Gasteiger partial charge in [-0.3, -0.25) is 4.98 Å². The predicted octanol–water partition coefficient (Wildman–Crippen LogP) is 2.40. The normalized spacial score (nSPS) is 10.4. The molecular formula is C10H10BrN3. The third kappa shape index (κ3) is 1.85. The molecule has 2 aromatic heterocycles. The number of aryl methyl sites for hydroxylation is 1. The molecule has 2 aromatic rings. The van der Waals surface area contributed by atoms with Gasteiger partial charge in [0.2, 0.25) is 0 Å². The largest absolute Gasteiger partial charge is 0.329 e. The van der Waals surface area contributed by atoms with E-state index in [0.717, 1.165) is 22.5 Å². The molecular weight excluding hydrogens is 242 g/mol. The van der Waals surface area contributed by atoms with Gasteiger partial charge in [-0.15, -0.1) is 0 Å². The van der Waals surface area contributed by atoms with Crippen molar-refractivity contribution in [3.63, 3.8) is 0 Å². The first kappa shape index (κ1) is 9.40. The van der Waals surface area contributed by atoms with Crippen LogP contribution in [-0.2, 0) is 6.54 Å². The monoisotopic (exact) mass is 251 g/mol. The molecule has 0 unspecified atom stereocenters.